The first kappa shape index (κ1) is 26.1. The molecule has 0 amide bonds. The molecule has 0 aromatic carbocycles. The third kappa shape index (κ3) is 6.20. The van der Waals surface area contributed by atoms with Crippen LogP contribution in [0.3, 0.4) is 0 Å². The van der Waals surface area contributed by atoms with Crippen molar-refractivity contribution in [3.8, 4) is 0 Å². The number of aliphatic hydroxyl groups is 1. The quantitative estimate of drug-likeness (QED) is 0.162. The van der Waals surface area contributed by atoms with E-state index in [0.29, 0.717) is 0 Å². The molecule has 20 heteroatoms. The Morgan fingerprint density at radius 1 is 1.42 bits per heavy atom. The fourth-order valence-corrected chi connectivity index (χ4v) is 5.42. The highest BCUT2D eigenvalue weighted by Gasteiger charge is 2.56. The number of hydrogen-bond acceptors (Lipinski definition) is 13. The molecule has 0 spiro atoms. The number of rotatable bonds is 10. The molecule has 1 aromatic heterocycles. The van der Waals surface area contributed by atoms with Crippen molar-refractivity contribution in [2.75, 3.05) is 19.0 Å². The molecule has 176 valence electrons. The number of phosphoric acid groups is 2. The third-order valence-corrected chi connectivity index (χ3v) is 7.64. The average Bonchev–Trinajstić information content (AvgIpc) is 2.91. The molecule has 1 aromatic rings. The van der Waals surface area contributed by atoms with Gasteiger partial charge in [-0.3, -0.25) is 9.46 Å². The van der Waals surface area contributed by atoms with Gasteiger partial charge in [0.2, 0.25) is 0 Å². The number of nitrogen functional groups attached to an aromatic ring is 1. The summed E-state index contributed by atoms with van der Waals surface area (Å²) in [5, 5.41) is 18.5. The minimum atomic E-state index is -5.55. The lowest BCUT2D eigenvalue weighted by molar-refractivity contribution is -0.157. The van der Waals surface area contributed by atoms with Gasteiger partial charge in [-0.25, -0.2) is 23.6 Å². The molecule has 1 saturated heterocycles. The highest BCUT2D eigenvalue weighted by molar-refractivity contribution is 7.64. The molecule has 1 aliphatic rings. The van der Waals surface area contributed by atoms with Crippen LogP contribution >= 0.6 is 23.9 Å². The summed E-state index contributed by atoms with van der Waals surface area (Å²) in [6.07, 6.45) is -1.65. The molecule has 2 rings (SSSR count). The maximum Gasteiger partial charge on any atom is 0.708 e. The maximum atomic E-state index is 13.8. The summed E-state index contributed by atoms with van der Waals surface area (Å²) in [6.45, 7) is -1.01. The van der Waals surface area contributed by atoms with Crippen LogP contribution in [-0.2, 0) is 36.3 Å². The van der Waals surface area contributed by atoms with Crippen LogP contribution in [0.1, 0.15) is 13.2 Å². The van der Waals surface area contributed by atoms with Gasteiger partial charge in [0.15, 0.2) is 5.60 Å². The van der Waals surface area contributed by atoms with E-state index in [-0.39, 0.29) is 5.82 Å². The Kier molecular flexibility index (Phi) is 8.20. The maximum absolute atomic E-state index is 13.8. The second-order valence-electron chi connectivity index (χ2n) is 6.23. The van der Waals surface area contributed by atoms with E-state index in [2.05, 4.69) is 22.8 Å². The van der Waals surface area contributed by atoms with Crippen LogP contribution < -0.4 is 11.4 Å². The van der Waals surface area contributed by atoms with Gasteiger partial charge in [0, 0.05) is 16.7 Å². The van der Waals surface area contributed by atoms with Crippen LogP contribution in [-0.4, -0.2) is 54.7 Å². The largest absolute Gasteiger partial charge is 0.708 e. The Labute approximate surface area is 173 Å². The van der Waals surface area contributed by atoms with E-state index in [1.807, 2.05) is 0 Å². The van der Waals surface area contributed by atoms with Gasteiger partial charge in [-0.1, -0.05) is 6.92 Å². The molecule has 16 nitrogen and oxygen atoms in total. The summed E-state index contributed by atoms with van der Waals surface area (Å²) in [6, 6.07) is 1.26. The van der Waals surface area contributed by atoms with E-state index < -0.39 is 66.7 Å². The lowest BCUT2D eigenvalue weighted by Crippen LogP contribution is -2.47. The molecule has 3 unspecified atom stereocenters. The summed E-state index contributed by atoms with van der Waals surface area (Å²) >= 11 is 0. The number of aromatic nitrogens is 2. The third-order valence-electron chi connectivity index (χ3n) is 4.09. The number of aliphatic hydroxyl groups excluding tert-OH is 1. The van der Waals surface area contributed by atoms with Crippen LogP contribution in [0.5, 0.6) is 0 Å². The number of hydrogen-bond donors (Lipinski definition) is 5. The molecule has 31 heavy (non-hydrogen) atoms. The molecule has 2 heterocycles. The van der Waals surface area contributed by atoms with Crippen LogP contribution in [0, 0.1) is 5.92 Å². The molecular formula is C11H18FN3O13P3+. The molecule has 6 N–H and O–H groups in total. The standard InChI is InChI=1S/C11H17FN3O13P3/c1-6-8(16)11(4-12,25-9(6)15-3-2-7(13)14-10(15)17)5-24-29(19)27-31(22,23)28-30(20,21)26-18/h2-3,6,8-9,16H,4-5H2,1H3,(H4-,13,14,17,18,20,21,22,23)/p+1/t6-,8-,9+,11+/m0/s1. The zero-order valence-electron chi connectivity index (χ0n) is 15.5. The Hall–Kier alpha value is -1.19. The number of nitrogens with two attached hydrogens (primary N) is 1. The Balaban J connectivity index is 2.12. The Bertz CT molecular complexity index is 978. The summed E-state index contributed by atoms with van der Waals surface area (Å²) in [5.41, 5.74) is 2.36. The first-order chi connectivity index (χ1) is 14.3. The molecule has 0 radical (unpaired) electrons. The first-order valence-electron chi connectivity index (χ1n) is 8.02. The summed E-state index contributed by atoms with van der Waals surface area (Å²) in [7, 11) is -14.6. The molecule has 0 aliphatic carbocycles. The number of anilines is 1. The molecule has 0 bridgehead atoms. The normalized spacial score (nSPS) is 30.5. The predicted molar refractivity (Wildman–Crippen MR) is 96.0 cm³/mol. The van der Waals surface area contributed by atoms with Crippen LogP contribution in [0.2, 0.25) is 0 Å². The topological polar surface area (TPSA) is 239 Å². The Morgan fingerprint density at radius 3 is 2.61 bits per heavy atom. The molecule has 0 saturated carbocycles. The minimum absolute atomic E-state index is 0.0867. The van der Waals surface area contributed by atoms with Gasteiger partial charge in [0.1, 0.15) is 25.3 Å². The number of ether oxygens (including phenoxy) is 1. The second-order valence-corrected chi connectivity index (χ2v) is 10.3. The molecule has 7 atom stereocenters. The zero-order chi connectivity index (χ0) is 23.6. The van der Waals surface area contributed by atoms with Crippen molar-refractivity contribution in [3.05, 3.63) is 22.7 Å². The molecule has 1 aliphatic heterocycles. The minimum Gasteiger partial charge on any atom is -0.389 e. The fourth-order valence-electron chi connectivity index (χ4n) is 2.68. The first-order valence-corrected chi connectivity index (χ1v) is 12.1. The van der Waals surface area contributed by atoms with E-state index in [0.717, 1.165) is 4.57 Å². The van der Waals surface area contributed by atoms with E-state index >= 15 is 0 Å². The lowest BCUT2D eigenvalue weighted by atomic mass is 9.92. The van der Waals surface area contributed by atoms with Crippen molar-refractivity contribution in [3.63, 3.8) is 0 Å². The van der Waals surface area contributed by atoms with Gasteiger partial charge < -0.3 is 20.5 Å². The Morgan fingerprint density at radius 2 is 2.06 bits per heavy atom. The predicted octanol–water partition coefficient (Wildman–Crippen LogP) is 0.457. The molecular weight excluding hydrogens is 494 g/mol. The highest BCUT2D eigenvalue weighted by atomic mass is 31.3. The average molecular weight is 512 g/mol. The SMILES string of the molecule is C[C@@H]1[C@H](n2ccc(N)nc2=O)O[C@](CF)(CO[P+](=O)OP(=O)(O)OP(=O)(O)OO)[C@H]1O. The molecule has 1 fully saturated rings. The number of halogens is 1. The smallest absolute Gasteiger partial charge is 0.389 e. The van der Waals surface area contributed by atoms with Crippen molar-refractivity contribution < 1.29 is 60.8 Å². The van der Waals surface area contributed by atoms with Crippen LogP contribution in [0.15, 0.2) is 17.1 Å². The summed E-state index contributed by atoms with van der Waals surface area (Å²) in [4.78, 5) is 33.5. The summed E-state index contributed by atoms with van der Waals surface area (Å²) < 4.78 is 69.4. The monoisotopic (exact) mass is 512 g/mol. The van der Waals surface area contributed by atoms with Crippen molar-refractivity contribution in [1.82, 2.24) is 9.55 Å². The van der Waals surface area contributed by atoms with Crippen molar-refractivity contribution >= 4 is 29.7 Å². The summed E-state index contributed by atoms with van der Waals surface area (Å²) in [5.74, 6) is -0.994. The van der Waals surface area contributed by atoms with Gasteiger partial charge in [-0.2, -0.15) is 9.29 Å². The van der Waals surface area contributed by atoms with Crippen molar-refractivity contribution in [2.24, 2.45) is 5.92 Å². The van der Waals surface area contributed by atoms with Crippen molar-refractivity contribution in [2.45, 2.75) is 24.9 Å². The van der Waals surface area contributed by atoms with E-state index in [1.165, 1.54) is 19.2 Å². The van der Waals surface area contributed by atoms with Crippen molar-refractivity contribution in [1.29, 1.82) is 0 Å². The lowest BCUT2D eigenvalue weighted by Gasteiger charge is -2.26. The van der Waals surface area contributed by atoms with Gasteiger partial charge in [-0.15, -0.1) is 9.20 Å². The van der Waals surface area contributed by atoms with Gasteiger partial charge in [0.25, 0.3) is 0 Å². The van der Waals surface area contributed by atoms with Gasteiger partial charge in [-0.05, 0) is 10.4 Å². The second kappa shape index (κ2) is 9.75. The van der Waals surface area contributed by atoms with Crippen LogP contribution in [0.4, 0.5) is 10.2 Å². The van der Waals surface area contributed by atoms with Gasteiger partial charge >= 0.3 is 29.6 Å². The van der Waals surface area contributed by atoms with Gasteiger partial charge in [0.05, 0.1) is 6.10 Å². The van der Waals surface area contributed by atoms with E-state index in [4.69, 9.17) is 20.6 Å². The van der Waals surface area contributed by atoms with Crippen LogP contribution in [0.25, 0.3) is 0 Å². The number of alkyl halides is 1. The van der Waals surface area contributed by atoms with E-state index in [9.17, 15) is 32.9 Å². The number of nitrogens with zero attached hydrogens (tertiary/aromatic N) is 2. The van der Waals surface area contributed by atoms with E-state index in [1.54, 1.807) is 0 Å². The highest BCUT2D eigenvalue weighted by Crippen LogP contribution is 2.63. The fraction of sp³-hybridized carbons (Fsp3) is 0.636. The zero-order valence-corrected chi connectivity index (χ0v) is 18.1.